The minimum atomic E-state index is 0.423. The van der Waals surface area contributed by atoms with Gasteiger partial charge in [-0.1, -0.05) is 0 Å². The number of nitrogens with two attached hydrogens (primary N) is 1. The molecule has 2 aliphatic heterocycles. The number of nitrogens with zero attached hydrogens (tertiary/aromatic N) is 1. The van der Waals surface area contributed by atoms with Crippen LogP contribution in [-0.4, -0.2) is 43.9 Å². The molecule has 2 heterocycles. The summed E-state index contributed by atoms with van der Waals surface area (Å²) in [6.45, 7) is 3.01. The lowest BCUT2D eigenvalue weighted by Crippen LogP contribution is -2.46. The van der Waals surface area contributed by atoms with Crippen molar-refractivity contribution in [3.8, 4) is 11.5 Å². The van der Waals surface area contributed by atoms with Gasteiger partial charge in [0.15, 0.2) is 11.5 Å². The van der Waals surface area contributed by atoms with E-state index in [2.05, 4.69) is 17.0 Å². The maximum atomic E-state index is 5.86. The summed E-state index contributed by atoms with van der Waals surface area (Å²) in [4.78, 5) is 2.38. The highest BCUT2D eigenvalue weighted by Crippen LogP contribution is 2.35. The molecule has 1 aromatic rings. The number of ether oxygens (including phenoxy) is 2. The molecular formula is C13H18N2O2S. The maximum Gasteiger partial charge on any atom is 0.163 e. The van der Waals surface area contributed by atoms with Crippen molar-refractivity contribution in [3.63, 3.8) is 0 Å². The van der Waals surface area contributed by atoms with Gasteiger partial charge in [-0.15, -0.1) is 0 Å². The minimum Gasteiger partial charge on any atom is -0.486 e. The minimum absolute atomic E-state index is 0.423. The van der Waals surface area contributed by atoms with Crippen molar-refractivity contribution in [2.24, 2.45) is 5.73 Å². The van der Waals surface area contributed by atoms with Gasteiger partial charge in [0, 0.05) is 36.3 Å². The number of benzene rings is 1. The molecule has 18 heavy (non-hydrogen) atoms. The van der Waals surface area contributed by atoms with Crippen molar-refractivity contribution in [2.75, 3.05) is 42.7 Å². The standard InChI is InChI=1S/C13H18N2O2S/c14-8-11-9-18-6-3-15(11)10-1-2-12-13(7-10)17-5-4-16-12/h1-2,7,11H,3-6,8-9,14H2. The summed E-state index contributed by atoms with van der Waals surface area (Å²) in [7, 11) is 0. The monoisotopic (exact) mass is 266 g/mol. The smallest absolute Gasteiger partial charge is 0.163 e. The third kappa shape index (κ3) is 2.24. The number of hydrogen-bond donors (Lipinski definition) is 1. The van der Waals surface area contributed by atoms with Crippen LogP contribution in [0.5, 0.6) is 11.5 Å². The molecule has 3 rings (SSSR count). The van der Waals surface area contributed by atoms with Gasteiger partial charge in [-0.3, -0.25) is 0 Å². The highest BCUT2D eigenvalue weighted by molar-refractivity contribution is 7.99. The average molecular weight is 266 g/mol. The van der Waals surface area contributed by atoms with Gasteiger partial charge in [0.1, 0.15) is 13.2 Å². The fourth-order valence-corrected chi connectivity index (χ4v) is 3.48. The quantitative estimate of drug-likeness (QED) is 0.875. The molecule has 5 heteroatoms. The molecule has 1 saturated heterocycles. The molecule has 0 radical (unpaired) electrons. The van der Waals surface area contributed by atoms with E-state index in [1.807, 2.05) is 17.8 Å². The van der Waals surface area contributed by atoms with E-state index in [0.29, 0.717) is 25.8 Å². The number of hydrogen-bond acceptors (Lipinski definition) is 5. The van der Waals surface area contributed by atoms with Gasteiger partial charge >= 0.3 is 0 Å². The lowest BCUT2D eigenvalue weighted by molar-refractivity contribution is 0.171. The van der Waals surface area contributed by atoms with E-state index in [9.17, 15) is 0 Å². The van der Waals surface area contributed by atoms with Crippen molar-refractivity contribution in [1.29, 1.82) is 0 Å². The van der Waals surface area contributed by atoms with Crippen LogP contribution in [0.15, 0.2) is 18.2 Å². The van der Waals surface area contributed by atoms with Crippen molar-refractivity contribution < 1.29 is 9.47 Å². The normalized spacial score (nSPS) is 22.9. The number of fused-ring (bicyclic) bond motifs is 1. The third-order valence-corrected chi connectivity index (χ3v) is 4.45. The SMILES string of the molecule is NCC1CSCCN1c1ccc2c(c1)OCCO2. The van der Waals surface area contributed by atoms with Crippen molar-refractivity contribution in [1.82, 2.24) is 0 Å². The molecular weight excluding hydrogens is 248 g/mol. The van der Waals surface area contributed by atoms with Crippen molar-refractivity contribution in [3.05, 3.63) is 18.2 Å². The van der Waals surface area contributed by atoms with Gasteiger partial charge in [0.25, 0.3) is 0 Å². The Kier molecular flexibility index (Phi) is 3.52. The van der Waals surface area contributed by atoms with Crippen molar-refractivity contribution in [2.45, 2.75) is 6.04 Å². The molecule has 0 amide bonds. The van der Waals surface area contributed by atoms with Crippen LogP contribution in [0.2, 0.25) is 0 Å². The van der Waals surface area contributed by atoms with E-state index in [0.717, 1.165) is 29.5 Å². The van der Waals surface area contributed by atoms with Crippen LogP contribution in [-0.2, 0) is 0 Å². The summed E-state index contributed by atoms with van der Waals surface area (Å²) in [5, 5.41) is 0. The van der Waals surface area contributed by atoms with Crippen molar-refractivity contribution >= 4 is 17.4 Å². The van der Waals surface area contributed by atoms with Crippen LogP contribution in [0.1, 0.15) is 0 Å². The predicted octanol–water partition coefficient (Wildman–Crippen LogP) is 1.34. The van der Waals surface area contributed by atoms with Crippen LogP contribution < -0.4 is 20.1 Å². The van der Waals surface area contributed by atoms with E-state index >= 15 is 0 Å². The Morgan fingerprint density at radius 2 is 2.11 bits per heavy atom. The van der Waals surface area contributed by atoms with Crippen LogP contribution in [0.25, 0.3) is 0 Å². The van der Waals surface area contributed by atoms with Gasteiger partial charge in [0.05, 0.1) is 6.04 Å². The molecule has 1 aromatic carbocycles. The molecule has 2 N–H and O–H groups in total. The van der Waals surface area contributed by atoms with Gasteiger partial charge in [-0.2, -0.15) is 11.8 Å². The second kappa shape index (κ2) is 5.28. The maximum absolute atomic E-state index is 5.86. The highest BCUT2D eigenvalue weighted by atomic mass is 32.2. The predicted molar refractivity (Wildman–Crippen MR) is 74.9 cm³/mol. The molecule has 0 aliphatic carbocycles. The molecule has 98 valence electrons. The van der Waals surface area contributed by atoms with Gasteiger partial charge in [-0.25, -0.2) is 0 Å². The molecule has 1 atom stereocenters. The van der Waals surface area contributed by atoms with Crippen LogP contribution in [0.4, 0.5) is 5.69 Å². The Labute approximate surface area is 111 Å². The molecule has 4 nitrogen and oxygen atoms in total. The Balaban J connectivity index is 1.86. The van der Waals surface area contributed by atoms with E-state index in [1.54, 1.807) is 0 Å². The summed E-state index contributed by atoms with van der Waals surface area (Å²) < 4.78 is 11.2. The zero-order valence-electron chi connectivity index (χ0n) is 10.3. The lowest BCUT2D eigenvalue weighted by Gasteiger charge is -2.37. The molecule has 1 fully saturated rings. The first-order valence-electron chi connectivity index (χ1n) is 6.32. The van der Waals surface area contributed by atoms with E-state index in [-0.39, 0.29) is 0 Å². The molecule has 1 unspecified atom stereocenters. The average Bonchev–Trinajstić information content (AvgIpc) is 2.46. The first-order valence-corrected chi connectivity index (χ1v) is 7.48. The third-order valence-electron chi connectivity index (χ3n) is 3.36. The molecule has 0 aromatic heterocycles. The summed E-state index contributed by atoms with van der Waals surface area (Å²) in [5.41, 5.74) is 7.05. The Morgan fingerprint density at radius 3 is 2.94 bits per heavy atom. The van der Waals surface area contributed by atoms with E-state index in [4.69, 9.17) is 15.2 Å². The molecule has 0 spiro atoms. The summed E-state index contributed by atoms with van der Waals surface area (Å²) >= 11 is 1.98. The lowest BCUT2D eigenvalue weighted by atomic mass is 10.2. The van der Waals surface area contributed by atoms with E-state index in [1.165, 1.54) is 5.69 Å². The second-order valence-electron chi connectivity index (χ2n) is 4.49. The number of anilines is 1. The second-order valence-corrected chi connectivity index (χ2v) is 5.64. The molecule has 0 saturated carbocycles. The van der Waals surface area contributed by atoms with Gasteiger partial charge < -0.3 is 20.1 Å². The Bertz CT molecular complexity index is 427. The number of thioether (sulfide) groups is 1. The largest absolute Gasteiger partial charge is 0.486 e. The van der Waals surface area contributed by atoms with Crippen LogP contribution >= 0.6 is 11.8 Å². The topological polar surface area (TPSA) is 47.7 Å². The summed E-state index contributed by atoms with van der Waals surface area (Å²) in [6.07, 6.45) is 0. The van der Waals surface area contributed by atoms with E-state index < -0.39 is 0 Å². The highest BCUT2D eigenvalue weighted by Gasteiger charge is 2.23. The Morgan fingerprint density at radius 1 is 1.28 bits per heavy atom. The first kappa shape index (κ1) is 12.0. The van der Waals surface area contributed by atoms with Crippen LogP contribution in [0.3, 0.4) is 0 Å². The van der Waals surface area contributed by atoms with Crippen LogP contribution in [0, 0.1) is 0 Å². The molecule has 0 bridgehead atoms. The number of rotatable bonds is 2. The van der Waals surface area contributed by atoms with Gasteiger partial charge in [0.2, 0.25) is 0 Å². The van der Waals surface area contributed by atoms with Gasteiger partial charge in [-0.05, 0) is 12.1 Å². The summed E-state index contributed by atoms with van der Waals surface area (Å²) in [5.74, 6) is 3.96. The Hall–Kier alpha value is -1.07. The fourth-order valence-electron chi connectivity index (χ4n) is 2.40. The fraction of sp³-hybridized carbons (Fsp3) is 0.538. The summed E-state index contributed by atoms with van der Waals surface area (Å²) in [6, 6.07) is 6.60. The molecule has 2 aliphatic rings. The zero-order chi connectivity index (χ0) is 12.4. The first-order chi connectivity index (χ1) is 8.88. The zero-order valence-corrected chi connectivity index (χ0v) is 11.1.